The number of aliphatic hydroxyl groups excluding tert-OH is 1. The molecule has 32 heavy (non-hydrogen) atoms. The fraction of sp³-hybridized carbons (Fsp3) is 0.308. The van der Waals surface area contributed by atoms with E-state index in [9.17, 15) is 9.50 Å². The third kappa shape index (κ3) is 6.70. The second kappa shape index (κ2) is 11.5. The Labute approximate surface area is 189 Å². The molecule has 0 aliphatic heterocycles. The molecule has 0 saturated heterocycles. The summed E-state index contributed by atoms with van der Waals surface area (Å²) in [5.41, 5.74) is 2.99. The molecule has 6 heteroatoms. The van der Waals surface area contributed by atoms with Crippen LogP contribution in [0.2, 0.25) is 0 Å². The van der Waals surface area contributed by atoms with Gasteiger partial charge in [-0.05, 0) is 53.9 Å². The lowest BCUT2D eigenvalue weighted by Gasteiger charge is -2.26. The van der Waals surface area contributed by atoms with Crippen molar-refractivity contribution in [3.8, 4) is 17.2 Å². The van der Waals surface area contributed by atoms with Crippen molar-refractivity contribution in [3.63, 3.8) is 0 Å². The number of ether oxygens (including phenoxy) is 3. The molecule has 0 aromatic heterocycles. The predicted molar refractivity (Wildman–Crippen MR) is 123 cm³/mol. The van der Waals surface area contributed by atoms with Gasteiger partial charge in [0.25, 0.3) is 0 Å². The van der Waals surface area contributed by atoms with Gasteiger partial charge in [-0.2, -0.15) is 0 Å². The number of methoxy groups -OCH3 is 2. The Hall–Kier alpha value is -3.09. The van der Waals surface area contributed by atoms with Gasteiger partial charge in [0.2, 0.25) is 0 Å². The van der Waals surface area contributed by atoms with E-state index >= 15 is 0 Å². The van der Waals surface area contributed by atoms with Crippen LogP contribution in [0.4, 0.5) is 4.39 Å². The van der Waals surface area contributed by atoms with Crippen LogP contribution in [0.5, 0.6) is 17.2 Å². The quantitative estimate of drug-likeness (QED) is 0.474. The number of hydrogen-bond acceptors (Lipinski definition) is 5. The summed E-state index contributed by atoms with van der Waals surface area (Å²) in [5, 5.41) is 10.7. The van der Waals surface area contributed by atoms with Crippen LogP contribution in [-0.4, -0.2) is 43.5 Å². The van der Waals surface area contributed by atoms with Crippen LogP contribution in [-0.2, 0) is 13.1 Å². The minimum absolute atomic E-state index is 0.177. The molecule has 5 nitrogen and oxygen atoms in total. The number of hydrogen-bond donors (Lipinski definition) is 1. The van der Waals surface area contributed by atoms with E-state index in [0.717, 1.165) is 22.4 Å². The number of aryl methyl sites for hydroxylation is 1. The lowest BCUT2D eigenvalue weighted by molar-refractivity contribution is 0.0626. The average Bonchev–Trinajstić information content (AvgIpc) is 2.80. The van der Waals surface area contributed by atoms with Crippen LogP contribution >= 0.6 is 0 Å². The first-order valence-corrected chi connectivity index (χ1v) is 10.5. The molecular weight excluding hydrogens is 409 g/mol. The fourth-order valence-corrected chi connectivity index (χ4v) is 3.53. The van der Waals surface area contributed by atoms with E-state index in [1.807, 2.05) is 49.4 Å². The van der Waals surface area contributed by atoms with Crippen LogP contribution in [0.3, 0.4) is 0 Å². The van der Waals surface area contributed by atoms with Crippen molar-refractivity contribution in [1.29, 1.82) is 0 Å². The van der Waals surface area contributed by atoms with Gasteiger partial charge in [0, 0.05) is 19.6 Å². The number of aliphatic hydroxyl groups is 1. The lowest BCUT2D eigenvalue weighted by atomic mass is 10.1. The minimum Gasteiger partial charge on any atom is -0.493 e. The first-order valence-electron chi connectivity index (χ1n) is 10.5. The summed E-state index contributed by atoms with van der Waals surface area (Å²) in [5.74, 6) is 1.80. The Kier molecular flexibility index (Phi) is 8.48. The second-order valence-electron chi connectivity index (χ2n) is 7.72. The molecule has 0 radical (unpaired) electrons. The smallest absolute Gasteiger partial charge is 0.161 e. The van der Waals surface area contributed by atoms with Gasteiger partial charge in [-0.1, -0.05) is 36.4 Å². The highest BCUT2D eigenvalue weighted by Crippen LogP contribution is 2.28. The van der Waals surface area contributed by atoms with Gasteiger partial charge in [-0.15, -0.1) is 0 Å². The van der Waals surface area contributed by atoms with Crippen molar-refractivity contribution < 1.29 is 23.7 Å². The third-order valence-corrected chi connectivity index (χ3v) is 5.17. The normalized spacial score (nSPS) is 11.9. The molecule has 0 unspecified atom stereocenters. The third-order valence-electron chi connectivity index (χ3n) is 5.17. The summed E-state index contributed by atoms with van der Waals surface area (Å²) >= 11 is 0. The molecule has 0 heterocycles. The Bertz CT molecular complexity index is 993. The monoisotopic (exact) mass is 439 g/mol. The molecule has 3 aromatic carbocycles. The van der Waals surface area contributed by atoms with E-state index in [1.54, 1.807) is 26.4 Å². The highest BCUT2D eigenvalue weighted by molar-refractivity contribution is 5.42. The van der Waals surface area contributed by atoms with Gasteiger partial charge in [-0.3, -0.25) is 4.90 Å². The molecule has 0 bridgehead atoms. The van der Waals surface area contributed by atoms with E-state index in [0.29, 0.717) is 31.1 Å². The SMILES string of the molecule is COc1ccc(CN(Cc2ccc(F)cc2)C[C@@H](O)COc2ccccc2C)cc1OC. The number of nitrogens with zero attached hydrogens (tertiary/aromatic N) is 1. The van der Waals surface area contributed by atoms with E-state index in [-0.39, 0.29) is 12.4 Å². The molecule has 3 rings (SSSR count). The van der Waals surface area contributed by atoms with Crippen molar-refractivity contribution in [1.82, 2.24) is 4.90 Å². The van der Waals surface area contributed by atoms with Gasteiger partial charge in [0.05, 0.1) is 14.2 Å². The fourth-order valence-electron chi connectivity index (χ4n) is 3.53. The van der Waals surface area contributed by atoms with Crippen molar-refractivity contribution in [2.45, 2.75) is 26.1 Å². The Morgan fingerprint density at radius 3 is 2.19 bits per heavy atom. The number of rotatable bonds is 11. The first kappa shape index (κ1) is 23.6. The van der Waals surface area contributed by atoms with E-state index < -0.39 is 6.10 Å². The zero-order chi connectivity index (χ0) is 22.9. The van der Waals surface area contributed by atoms with Crippen LogP contribution in [0.1, 0.15) is 16.7 Å². The Morgan fingerprint density at radius 2 is 1.50 bits per heavy atom. The molecular formula is C26H30FNO4. The maximum Gasteiger partial charge on any atom is 0.161 e. The van der Waals surface area contributed by atoms with Crippen LogP contribution in [0, 0.1) is 12.7 Å². The Balaban J connectivity index is 1.71. The highest BCUT2D eigenvalue weighted by atomic mass is 19.1. The maximum atomic E-state index is 13.3. The van der Waals surface area contributed by atoms with Gasteiger partial charge in [0.1, 0.15) is 24.3 Å². The van der Waals surface area contributed by atoms with Crippen molar-refractivity contribution >= 4 is 0 Å². The van der Waals surface area contributed by atoms with Crippen LogP contribution in [0.15, 0.2) is 66.7 Å². The zero-order valence-electron chi connectivity index (χ0n) is 18.8. The largest absolute Gasteiger partial charge is 0.493 e. The predicted octanol–water partition coefficient (Wildman–Crippen LogP) is 4.59. The molecule has 0 spiro atoms. The summed E-state index contributed by atoms with van der Waals surface area (Å²) in [6.07, 6.45) is -0.699. The van der Waals surface area contributed by atoms with Crippen LogP contribution in [0.25, 0.3) is 0 Å². The molecule has 0 aliphatic rings. The topological polar surface area (TPSA) is 51.2 Å². The molecule has 3 aromatic rings. The van der Waals surface area contributed by atoms with Crippen molar-refractivity contribution in [2.24, 2.45) is 0 Å². The molecule has 0 saturated carbocycles. The molecule has 0 fully saturated rings. The van der Waals surface area contributed by atoms with Crippen molar-refractivity contribution in [3.05, 3.63) is 89.2 Å². The van der Waals surface area contributed by atoms with E-state index in [4.69, 9.17) is 14.2 Å². The summed E-state index contributed by atoms with van der Waals surface area (Å²) in [6, 6.07) is 19.9. The maximum absolute atomic E-state index is 13.3. The molecule has 1 atom stereocenters. The average molecular weight is 440 g/mol. The van der Waals surface area contributed by atoms with Gasteiger partial charge in [-0.25, -0.2) is 4.39 Å². The molecule has 170 valence electrons. The second-order valence-corrected chi connectivity index (χ2v) is 7.72. The zero-order valence-corrected chi connectivity index (χ0v) is 18.8. The number of para-hydroxylation sites is 1. The molecule has 1 N–H and O–H groups in total. The van der Waals surface area contributed by atoms with Gasteiger partial charge >= 0.3 is 0 Å². The standard InChI is InChI=1S/C26H30FNO4/c1-19-6-4-5-7-24(19)32-18-23(29)17-28(15-20-8-11-22(27)12-9-20)16-21-10-13-25(30-2)26(14-21)31-3/h4-14,23,29H,15-18H2,1-3H3/t23-/m1/s1. The molecule has 0 aliphatic carbocycles. The minimum atomic E-state index is -0.699. The summed E-state index contributed by atoms with van der Waals surface area (Å²) in [4.78, 5) is 2.10. The highest BCUT2D eigenvalue weighted by Gasteiger charge is 2.16. The van der Waals surface area contributed by atoms with E-state index in [2.05, 4.69) is 4.90 Å². The van der Waals surface area contributed by atoms with E-state index in [1.165, 1.54) is 12.1 Å². The van der Waals surface area contributed by atoms with Crippen molar-refractivity contribution in [2.75, 3.05) is 27.4 Å². The first-order chi connectivity index (χ1) is 15.5. The number of halogens is 1. The summed E-state index contributed by atoms with van der Waals surface area (Å²) < 4.78 is 29.9. The van der Waals surface area contributed by atoms with Crippen LogP contribution < -0.4 is 14.2 Å². The van der Waals surface area contributed by atoms with Gasteiger partial charge in [0.15, 0.2) is 11.5 Å². The molecule has 0 amide bonds. The van der Waals surface area contributed by atoms with Gasteiger partial charge < -0.3 is 19.3 Å². The number of benzene rings is 3. The lowest BCUT2D eigenvalue weighted by Crippen LogP contribution is -2.35. The summed E-state index contributed by atoms with van der Waals surface area (Å²) in [6.45, 7) is 3.66. The Morgan fingerprint density at radius 1 is 0.844 bits per heavy atom. The summed E-state index contributed by atoms with van der Waals surface area (Å²) in [7, 11) is 3.20.